The van der Waals surface area contributed by atoms with Gasteiger partial charge in [-0.25, -0.2) is 8.78 Å². The lowest BCUT2D eigenvalue weighted by atomic mass is 9.94. The fourth-order valence-corrected chi connectivity index (χ4v) is 1.27. The molecule has 0 aromatic heterocycles. The Labute approximate surface area is 76.6 Å². The molecule has 0 heterocycles. The molecule has 2 N–H and O–H groups in total. The van der Waals surface area contributed by atoms with E-state index < -0.39 is 11.5 Å². The summed E-state index contributed by atoms with van der Waals surface area (Å²) >= 11 is 0. The van der Waals surface area contributed by atoms with Crippen molar-refractivity contribution < 1.29 is 8.78 Å². The lowest BCUT2D eigenvalue weighted by Crippen LogP contribution is -2.27. The van der Waals surface area contributed by atoms with Gasteiger partial charge >= 0.3 is 0 Å². The third-order valence-corrected chi connectivity index (χ3v) is 2.14. The number of benzene rings is 1. The van der Waals surface area contributed by atoms with E-state index in [4.69, 9.17) is 5.73 Å². The summed E-state index contributed by atoms with van der Waals surface area (Å²) in [4.78, 5) is 0. The van der Waals surface area contributed by atoms with Gasteiger partial charge in [0.25, 0.3) is 0 Å². The minimum absolute atomic E-state index is 0.142. The molecule has 0 spiro atoms. The van der Waals surface area contributed by atoms with Gasteiger partial charge in [0.05, 0.1) is 0 Å². The second-order valence-electron chi connectivity index (χ2n) is 3.36. The quantitative estimate of drug-likeness (QED) is 0.751. The first-order valence-electron chi connectivity index (χ1n) is 4.13. The third-order valence-electron chi connectivity index (χ3n) is 2.14. The minimum Gasteiger partial charge on any atom is -0.327 e. The van der Waals surface area contributed by atoms with Crippen LogP contribution in [0.4, 0.5) is 8.78 Å². The monoisotopic (exact) mass is 185 g/mol. The molecule has 0 saturated carbocycles. The maximum atomic E-state index is 13.7. The van der Waals surface area contributed by atoms with Crippen molar-refractivity contribution in [2.24, 2.45) is 5.73 Å². The minimum atomic E-state index is -1.65. The van der Waals surface area contributed by atoms with Gasteiger partial charge in [-0.1, -0.05) is 6.07 Å². The summed E-state index contributed by atoms with van der Waals surface area (Å²) in [6.07, 6.45) is 0. The molecule has 0 bridgehead atoms. The van der Waals surface area contributed by atoms with Crippen molar-refractivity contribution in [3.8, 4) is 0 Å². The van der Waals surface area contributed by atoms with Crippen LogP contribution >= 0.6 is 0 Å². The Hall–Kier alpha value is -0.960. The predicted octanol–water partition coefficient (Wildman–Crippen LogP) is 2.28. The van der Waals surface area contributed by atoms with Crippen LogP contribution in [-0.4, -0.2) is 6.54 Å². The van der Waals surface area contributed by atoms with Crippen LogP contribution in [0.25, 0.3) is 0 Å². The third kappa shape index (κ3) is 2.04. The van der Waals surface area contributed by atoms with Gasteiger partial charge in [-0.05, 0) is 37.1 Å². The molecule has 1 aromatic carbocycles. The van der Waals surface area contributed by atoms with Crippen LogP contribution in [0.1, 0.15) is 18.1 Å². The van der Waals surface area contributed by atoms with Gasteiger partial charge in [-0.2, -0.15) is 0 Å². The standard InChI is InChI=1S/C10H13F2N/c1-7-3-4-8(11)5-9(7)10(2,12)6-13/h3-5H,6,13H2,1-2H3. The highest BCUT2D eigenvalue weighted by Gasteiger charge is 2.25. The maximum Gasteiger partial charge on any atom is 0.145 e. The number of hydrogen-bond acceptors (Lipinski definition) is 1. The Bertz CT molecular complexity index is 308. The number of aryl methyl sites for hydroxylation is 1. The zero-order valence-corrected chi connectivity index (χ0v) is 7.77. The molecule has 3 heteroatoms. The Morgan fingerprint density at radius 1 is 1.46 bits per heavy atom. The topological polar surface area (TPSA) is 26.0 Å². The molecule has 1 rings (SSSR count). The van der Waals surface area contributed by atoms with Crippen LogP contribution < -0.4 is 5.73 Å². The Morgan fingerprint density at radius 2 is 2.08 bits per heavy atom. The Kier molecular flexibility index (Phi) is 2.66. The van der Waals surface area contributed by atoms with Crippen molar-refractivity contribution in [2.75, 3.05) is 6.54 Å². The Morgan fingerprint density at radius 3 is 2.62 bits per heavy atom. The first kappa shape index (κ1) is 10.1. The van der Waals surface area contributed by atoms with E-state index in [-0.39, 0.29) is 6.54 Å². The molecule has 0 radical (unpaired) electrons. The van der Waals surface area contributed by atoms with Gasteiger partial charge in [0.1, 0.15) is 11.5 Å². The van der Waals surface area contributed by atoms with Crippen LogP contribution in [0.5, 0.6) is 0 Å². The van der Waals surface area contributed by atoms with Crippen LogP contribution in [0.15, 0.2) is 18.2 Å². The molecule has 1 aromatic rings. The summed E-state index contributed by atoms with van der Waals surface area (Å²) in [5, 5.41) is 0. The van der Waals surface area contributed by atoms with Gasteiger partial charge in [0.2, 0.25) is 0 Å². The number of alkyl halides is 1. The van der Waals surface area contributed by atoms with Crippen molar-refractivity contribution in [3.63, 3.8) is 0 Å². The number of rotatable bonds is 2. The van der Waals surface area contributed by atoms with E-state index in [1.54, 1.807) is 13.0 Å². The molecule has 0 fully saturated rings. The molecule has 0 saturated heterocycles. The molecule has 0 amide bonds. The van der Waals surface area contributed by atoms with E-state index in [0.29, 0.717) is 5.56 Å². The summed E-state index contributed by atoms with van der Waals surface area (Å²) in [5.74, 6) is -0.432. The largest absolute Gasteiger partial charge is 0.327 e. The zero-order chi connectivity index (χ0) is 10.1. The molecule has 1 unspecified atom stereocenters. The highest BCUT2D eigenvalue weighted by Crippen LogP contribution is 2.27. The summed E-state index contributed by atoms with van der Waals surface area (Å²) < 4.78 is 26.5. The van der Waals surface area contributed by atoms with E-state index in [9.17, 15) is 8.78 Å². The van der Waals surface area contributed by atoms with Gasteiger partial charge in [0.15, 0.2) is 0 Å². The average Bonchev–Trinajstić information content (AvgIpc) is 2.09. The fourth-order valence-electron chi connectivity index (χ4n) is 1.27. The SMILES string of the molecule is Cc1ccc(F)cc1C(C)(F)CN. The number of halogens is 2. The number of hydrogen-bond donors (Lipinski definition) is 1. The summed E-state index contributed by atoms with van der Waals surface area (Å²) in [6.45, 7) is 2.95. The van der Waals surface area contributed by atoms with Crippen LogP contribution in [0.2, 0.25) is 0 Å². The average molecular weight is 185 g/mol. The maximum absolute atomic E-state index is 13.7. The van der Waals surface area contributed by atoms with E-state index in [2.05, 4.69) is 0 Å². The summed E-state index contributed by atoms with van der Waals surface area (Å²) in [7, 11) is 0. The van der Waals surface area contributed by atoms with Crippen LogP contribution in [0.3, 0.4) is 0 Å². The van der Waals surface area contributed by atoms with Crippen LogP contribution in [0, 0.1) is 12.7 Å². The van der Waals surface area contributed by atoms with E-state index in [0.717, 1.165) is 5.56 Å². The lowest BCUT2D eigenvalue weighted by molar-refractivity contribution is 0.202. The van der Waals surface area contributed by atoms with E-state index in [1.165, 1.54) is 19.1 Å². The molecular formula is C10H13F2N. The summed E-state index contributed by atoms with van der Waals surface area (Å²) in [5.41, 5.74) is 4.66. The molecule has 1 atom stereocenters. The van der Waals surface area contributed by atoms with Gasteiger partial charge < -0.3 is 5.73 Å². The van der Waals surface area contributed by atoms with Gasteiger partial charge in [0, 0.05) is 6.54 Å². The van der Waals surface area contributed by atoms with E-state index >= 15 is 0 Å². The smallest absolute Gasteiger partial charge is 0.145 e. The number of nitrogens with two attached hydrogens (primary N) is 1. The second-order valence-corrected chi connectivity index (χ2v) is 3.36. The highest BCUT2D eigenvalue weighted by atomic mass is 19.1. The van der Waals surface area contributed by atoms with Gasteiger partial charge in [-0.3, -0.25) is 0 Å². The van der Waals surface area contributed by atoms with Crippen molar-refractivity contribution in [2.45, 2.75) is 19.5 Å². The predicted molar refractivity (Wildman–Crippen MR) is 48.7 cm³/mol. The molecule has 13 heavy (non-hydrogen) atoms. The van der Waals surface area contributed by atoms with E-state index in [1.807, 2.05) is 0 Å². The molecule has 0 aliphatic heterocycles. The van der Waals surface area contributed by atoms with Crippen molar-refractivity contribution in [1.29, 1.82) is 0 Å². The Balaban J connectivity index is 3.20. The first-order valence-corrected chi connectivity index (χ1v) is 4.13. The molecule has 0 aliphatic rings. The highest BCUT2D eigenvalue weighted by molar-refractivity contribution is 5.31. The summed E-state index contributed by atoms with van der Waals surface area (Å²) in [6, 6.07) is 4.06. The van der Waals surface area contributed by atoms with Crippen molar-refractivity contribution in [1.82, 2.24) is 0 Å². The van der Waals surface area contributed by atoms with Crippen molar-refractivity contribution >= 4 is 0 Å². The zero-order valence-electron chi connectivity index (χ0n) is 7.77. The van der Waals surface area contributed by atoms with Crippen LogP contribution in [-0.2, 0) is 5.67 Å². The molecular weight excluding hydrogens is 172 g/mol. The second kappa shape index (κ2) is 3.42. The normalized spacial score (nSPS) is 15.5. The van der Waals surface area contributed by atoms with Crippen molar-refractivity contribution in [3.05, 3.63) is 35.1 Å². The molecule has 0 aliphatic carbocycles. The molecule has 1 nitrogen and oxygen atoms in total. The molecule has 72 valence electrons. The first-order chi connectivity index (χ1) is 5.97. The fraction of sp³-hybridized carbons (Fsp3) is 0.400. The van der Waals surface area contributed by atoms with Gasteiger partial charge in [-0.15, -0.1) is 0 Å². The lowest BCUT2D eigenvalue weighted by Gasteiger charge is -2.20.